The van der Waals surface area contributed by atoms with E-state index in [9.17, 15) is 14.9 Å². The minimum Gasteiger partial charge on any atom is -0.460 e. The molecule has 0 rings (SSSR count). The van der Waals surface area contributed by atoms with Gasteiger partial charge in [0.15, 0.2) is 0 Å². The highest BCUT2D eigenvalue weighted by atomic mass is 35.5. The number of nitro groups is 1. The largest absolute Gasteiger partial charge is 0.460 e. The topological polar surface area (TPSA) is 69.4 Å². The summed E-state index contributed by atoms with van der Waals surface area (Å²) in [6.07, 6.45) is 0. The molecule has 0 aliphatic heterocycles. The summed E-state index contributed by atoms with van der Waals surface area (Å²) in [5, 5.41) is 9.64. The lowest BCUT2D eigenvalue weighted by molar-refractivity contribution is -0.470. The summed E-state index contributed by atoms with van der Waals surface area (Å²) in [6.45, 7) is -0.773. The van der Waals surface area contributed by atoms with Crippen LogP contribution in [-0.2, 0) is 9.53 Å². The number of esters is 1. The number of nitrogens with zero attached hydrogens (tertiary/aromatic N) is 1. The summed E-state index contributed by atoms with van der Waals surface area (Å²) in [6, 6.07) is 0. The molecule has 0 aromatic heterocycles. The molecule has 58 valence electrons. The van der Waals surface area contributed by atoms with Crippen molar-refractivity contribution >= 4 is 17.6 Å². The van der Waals surface area contributed by atoms with E-state index >= 15 is 0 Å². The van der Waals surface area contributed by atoms with Gasteiger partial charge in [-0.25, -0.2) is 4.79 Å². The Labute approximate surface area is 62.1 Å². The van der Waals surface area contributed by atoms with Crippen LogP contribution in [0.5, 0.6) is 0 Å². The van der Waals surface area contributed by atoms with E-state index in [-0.39, 0.29) is 12.5 Å². The van der Waals surface area contributed by atoms with E-state index in [0.717, 1.165) is 0 Å². The van der Waals surface area contributed by atoms with Gasteiger partial charge >= 0.3 is 5.97 Å². The van der Waals surface area contributed by atoms with E-state index in [1.54, 1.807) is 0 Å². The Bertz CT molecular complexity index is 137. The minimum atomic E-state index is -0.856. The average molecular weight is 168 g/mol. The van der Waals surface area contributed by atoms with Gasteiger partial charge in [0.1, 0.15) is 6.61 Å². The molecule has 0 radical (unpaired) electrons. The lowest BCUT2D eigenvalue weighted by atomic mass is 10.7. The van der Waals surface area contributed by atoms with Crippen molar-refractivity contribution in [2.24, 2.45) is 0 Å². The molecule has 0 N–H and O–H groups in total. The van der Waals surface area contributed by atoms with Gasteiger partial charge < -0.3 is 4.74 Å². The van der Waals surface area contributed by atoms with Crippen molar-refractivity contribution in [3.63, 3.8) is 0 Å². The summed E-state index contributed by atoms with van der Waals surface area (Å²) >= 11 is 5.14. The first kappa shape index (κ1) is 9.16. The number of alkyl halides is 1. The van der Waals surface area contributed by atoms with Crippen LogP contribution < -0.4 is 0 Å². The first-order chi connectivity index (χ1) is 4.66. The normalized spacial score (nSPS) is 8.90. The van der Waals surface area contributed by atoms with Crippen LogP contribution in [0.3, 0.4) is 0 Å². The Morgan fingerprint density at radius 1 is 1.70 bits per heavy atom. The number of rotatable bonds is 4. The van der Waals surface area contributed by atoms with E-state index in [1.807, 2.05) is 0 Å². The Balaban J connectivity index is 3.35. The first-order valence-corrected chi connectivity index (χ1v) is 3.03. The zero-order chi connectivity index (χ0) is 7.98. The minimum absolute atomic E-state index is 0.0221. The van der Waals surface area contributed by atoms with Crippen molar-refractivity contribution in [1.29, 1.82) is 0 Å². The number of hydrogen-bond donors (Lipinski definition) is 0. The molecule has 10 heavy (non-hydrogen) atoms. The summed E-state index contributed by atoms with van der Waals surface area (Å²) in [5.74, 6) is -0.700. The molecule has 0 saturated carbocycles. The Kier molecular flexibility index (Phi) is 4.57. The van der Waals surface area contributed by atoms with Gasteiger partial charge in [-0.15, -0.1) is 11.6 Å². The summed E-state index contributed by atoms with van der Waals surface area (Å²) in [7, 11) is 0. The molecule has 0 saturated heterocycles. The van der Waals surface area contributed by atoms with Gasteiger partial charge in [-0.1, -0.05) is 0 Å². The summed E-state index contributed by atoms with van der Waals surface area (Å²) < 4.78 is 4.29. The van der Waals surface area contributed by atoms with Gasteiger partial charge in [-0.2, -0.15) is 0 Å². The molecular formula is C4H6ClNO4. The van der Waals surface area contributed by atoms with E-state index in [2.05, 4.69) is 4.74 Å². The Morgan fingerprint density at radius 2 is 2.30 bits per heavy atom. The third-order valence-corrected chi connectivity index (χ3v) is 0.753. The molecule has 0 aliphatic carbocycles. The highest BCUT2D eigenvalue weighted by Gasteiger charge is 2.09. The average Bonchev–Trinajstić information content (AvgIpc) is 1.82. The maximum atomic E-state index is 10.3. The molecule has 0 unspecified atom stereocenters. The van der Waals surface area contributed by atoms with Crippen LogP contribution >= 0.6 is 11.6 Å². The fourth-order valence-corrected chi connectivity index (χ4v) is 0.381. The molecule has 0 fully saturated rings. The molecular weight excluding hydrogens is 162 g/mol. The second kappa shape index (κ2) is 4.99. The van der Waals surface area contributed by atoms with Gasteiger partial charge in [-0.05, 0) is 0 Å². The molecule has 0 aromatic rings. The lowest BCUT2D eigenvalue weighted by Crippen LogP contribution is -2.17. The van der Waals surface area contributed by atoms with Crippen molar-refractivity contribution in [3.05, 3.63) is 10.1 Å². The van der Waals surface area contributed by atoms with Gasteiger partial charge in [0.05, 0.1) is 5.88 Å². The highest BCUT2D eigenvalue weighted by molar-refractivity contribution is 6.18. The van der Waals surface area contributed by atoms with Crippen molar-refractivity contribution < 1.29 is 14.5 Å². The molecule has 0 bridgehead atoms. The Hall–Kier alpha value is -0.840. The molecule has 0 atom stereocenters. The van der Waals surface area contributed by atoms with Crippen LogP contribution in [0.2, 0.25) is 0 Å². The lowest BCUT2D eigenvalue weighted by Gasteiger charge is -1.95. The number of ether oxygens (including phenoxy) is 1. The maximum absolute atomic E-state index is 10.3. The van der Waals surface area contributed by atoms with E-state index in [4.69, 9.17) is 11.6 Å². The summed E-state index contributed by atoms with van der Waals surface area (Å²) in [4.78, 5) is 19.2. The zero-order valence-corrected chi connectivity index (χ0v) is 5.84. The first-order valence-electron chi connectivity index (χ1n) is 2.50. The van der Waals surface area contributed by atoms with E-state index < -0.39 is 17.4 Å². The molecule has 5 nitrogen and oxygen atoms in total. The van der Waals surface area contributed by atoms with Crippen LogP contribution in [0.4, 0.5) is 0 Å². The standard InChI is InChI=1S/C4H6ClNO4/c5-1-2-10-4(7)3-6(8)9/h1-3H2. The van der Waals surface area contributed by atoms with Gasteiger partial charge in [-0.3, -0.25) is 10.1 Å². The van der Waals surface area contributed by atoms with Crippen molar-refractivity contribution in [2.75, 3.05) is 19.0 Å². The molecule has 6 heteroatoms. The second-order valence-electron chi connectivity index (χ2n) is 1.40. The van der Waals surface area contributed by atoms with Crippen LogP contribution in [0.1, 0.15) is 0 Å². The van der Waals surface area contributed by atoms with E-state index in [1.165, 1.54) is 0 Å². The molecule has 0 amide bonds. The van der Waals surface area contributed by atoms with Crippen molar-refractivity contribution in [2.45, 2.75) is 0 Å². The zero-order valence-electron chi connectivity index (χ0n) is 5.08. The summed E-state index contributed by atoms with van der Waals surface area (Å²) in [5.41, 5.74) is 0. The number of carbonyl (C=O) groups is 1. The number of hydrogen-bond acceptors (Lipinski definition) is 4. The Morgan fingerprint density at radius 3 is 2.70 bits per heavy atom. The van der Waals surface area contributed by atoms with Gasteiger partial charge in [0, 0.05) is 4.92 Å². The highest BCUT2D eigenvalue weighted by Crippen LogP contribution is 1.81. The van der Waals surface area contributed by atoms with Gasteiger partial charge in [0.25, 0.3) is 6.54 Å². The fraction of sp³-hybridized carbons (Fsp3) is 0.750. The predicted molar refractivity (Wildman–Crippen MR) is 33.5 cm³/mol. The van der Waals surface area contributed by atoms with E-state index in [0.29, 0.717) is 0 Å². The molecule has 0 aromatic carbocycles. The maximum Gasteiger partial charge on any atom is 0.378 e. The van der Waals surface area contributed by atoms with Gasteiger partial charge in [0.2, 0.25) is 0 Å². The van der Waals surface area contributed by atoms with Crippen molar-refractivity contribution in [1.82, 2.24) is 0 Å². The molecule has 0 aliphatic rings. The fourth-order valence-electron chi connectivity index (χ4n) is 0.303. The smallest absolute Gasteiger partial charge is 0.378 e. The number of carbonyl (C=O) groups excluding carboxylic acids is 1. The second-order valence-corrected chi connectivity index (χ2v) is 1.78. The van der Waals surface area contributed by atoms with Crippen LogP contribution in [0.15, 0.2) is 0 Å². The van der Waals surface area contributed by atoms with Crippen LogP contribution in [0, 0.1) is 10.1 Å². The van der Waals surface area contributed by atoms with Crippen LogP contribution in [0.25, 0.3) is 0 Å². The third kappa shape index (κ3) is 5.30. The van der Waals surface area contributed by atoms with Crippen molar-refractivity contribution in [3.8, 4) is 0 Å². The van der Waals surface area contributed by atoms with Crippen LogP contribution in [-0.4, -0.2) is 29.9 Å². The molecule has 0 heterocycles. The predicted octanol–water partition coefficient (Wildman–Crippen LogP) is 0.0451. The number of halogens is 1. The quantitative estimate of drug-likeness (QED) is 0.257. The third-order valence-electron chi connectivity index (χ3n) is 0.598. The monoisotopic (exact) mass is 167 g/mol. The SMILES string of the molecule is O=C(C[N+](=O)[O-])OCCCl. The molecule has 0 spiro atoms.